The summed E-state index contributed by atoms with van der Waals surface area (Å²) in [6.45, 7) is 14.7. The molecule has 152 valence electrons. The number of fused-ring (bicyclic) bond motifs is 1. The third-order valence-corrected chi connectivity index (χ3v) is 6.53. The third kappa shape index (κ3) is 3.82. The summed E-state index contributed by atoms with van der Waals surface area (Å²) in [6.07, 6.45) is -0.837. The van der Waals surface area contributed by atoms with Gasteiger partial charge in [0.15, 0.2) is 12.1 Å². The largest absolute Gasteiger partial charge is 0.390 e. The molecule has 0 spiro atoms. The molecule has 3 aliphatic heterocycles. The van der Waals surface area contributed by atoms with E-state index in [-0.39, 0.29) is 48.3 Å². The zero-order valence-corrected chi connectivity index (χ0v) is 17.2. The summed E-state index contributed by atoms with van der Waals surface area (Å²) in [5.74, 6) is -0.156. The molecule has 0 bridgehead atoms. The molecule has 4 unspecified atom stereocenters. The van der Waals surface area contributed by atoms with Gasteiger partial charge in [-0.1, -0.05) is 27.7 Å². The van der Waals surface area contributed by atoms with E-state index in [0.717, 1.165) is 6.42 Å². The molecule has 0 radical (unpaired) electrons. The number of hydrogen-bond acceptors (Lipinski definition) is 6. The molecule has 1 N–H and O–H groups in total. The van der Waals surface area contributed by atoms with Gasteiger partial charge in [-0.15, -0.1) is 0 Å². The minimum absolute atomic E-state index is 0.0120. The van der Waals surface area contributed by atoms with Crippen LogP contribution in [0.25, 0.3) is 0 Å². The molecule has 26 heavy (non-hydrogen) atoms. The maximum Gasteiger partial charge on any atom is 0.163 e. The van der Waals surface area contributed by atoms with E-state index in [1.165, 1.54) is 0 Å². The quantitative estimate of drug-likeness (QED) is 0.822. The van der Waals surface area contributed by atoms with Crippen LogP contribution in [0.4, 0.5) is 0 Å². The molecule has 3 rings (SSSR count). The molecular formula is C20H36O6. The predicted octanol–water partition coefficient (Wildman–Crippen LogP) is 2.71. The van der Waals surface area contributed by atoms with Gasteiger partial charge in [0.1, 0.15) is 12.2 Å². The van der Waals surface area contributed by atoms with E-state index in [2.05, 4.69) is 20.8 Å². The highest BCUT2D eigenvalue weighted by Gasteiger charge is 2.50. The van der Waals surface area contributed by atoms with E-state index in [9.17, 15) is 5.11 Å². The van der Waals surface area contributed by atoms with Gasteiger partial charge in [-0.05, 0) is 33.1 Å². The molecule has 0 aliphatic carbocycles. The molecule has 3 fully saturated rings. The lowest BCUT2D eigenvalue weighted by molar-refractivity contribution is -0.379. The summed E-state index contributed by atoms with van der Waals surface area (Å²) in [7, 11) is 0. The van der Waals surface area contributed by atoms with Crippen molar-refractivity contribution in [1.29, 1.82) is 0 Å². The number of rotatable bonds is 3. The molecule has 0 aromatic heterocycles. The Bertz CT molecular complexity index is 479. The Labute approximate surface area is 157 Å². The number of aliphatic hydroxyl groups is 1. The maximum absolute atomic E-state index is 10.8. The lowest BCUT2D eigenvalue weighted by Gasteiger charge is -2.51. The molecule has 0 saturated carbocycles. The van der Waals surface area contributed by atoms with Gasteiger partial charge in [0.25, 0.3) is 0 Å². The summed E-state index contributed by atoms with van der Waals surface area (Å²) < 4.78 is 30.5. The molecule has 0 aromatic rings. The van der Waals surface area contributed by atoms with E-state index in [4.69, 9.17) is 23.7 Å². The van der Waals surface area contributed by atoms with Gasteiger partial charge >= 0.3 is 0 Å². The molecule has 0 amide bonds. The Balaban J connectivity index is 1.71. The minimum atomic E-state index is -0.585. The first kappa shape index (κ1) is 20.5. The summed E-state index contributed by atoms with van der Waals surface area (Å²) in [5.41, 5.74) is 0. The highest BCUT2D eigenvalue weighted by atomic mass is 16.8. The Kier molecular flexibility index (Phi) is 6.03. The molecule has 6 nitrogen and oxygen atoms in total. The number of ether oxygens (including phenoxy) is 5. The van der Waals surface area contributed by atoms with Gasteiger partial charge in [-0.2, -0.15) is 0 Å². The van der Waals surface area contributed by atoms with Crippen LogP contribution in [0.1, 0.15) is 54.9 Å². The van der Waals surface area contributed by atoms with Crippen LogP contribution in [-0.2, 0) is 23.7 Å². The topological polar surface area (TPSA) is 66.4 Å². The molecule has 3 saturated heterocycles. The van der Waals surface area contributed by atoms with E-state index in [1.54, 1.807) is 0 Å². The van der Waals surface area contributed by atoms with E-state index < -0.39 is 18.2 Å². The van der Waals surface area contributed by atoms with Crippen molar-refractivity contribution in [1.82, 2.24) is 0 Å². The lowest BCUT2D eigenvalue weighted by atomic mass is 9.83. The van der Waals surface area contributed by atoms with Crippen molar-refractivity contribution < 1.29 is 28.8 Å². The van der Waals surface area contributed by atoms with Crippen molar-refractivity contribution in [2.75, 3.05) is 6.61 Å². The number of aliphatic hydroxyl groups excluding tert-OH is 1. The molecular weight excluding hydrogens is 336 g/mol. The zero-order valence-electron chi connectivity index (χ0n) is 17.2. The van der Waals surface area contributed by atoms with Crippen molar-refractivity contribution in [2.24, 2.45) is 17.8 Å². The molecule has 3 aliphatic rings. The van der Waals surface area contributed by atoms with E-state index in [1.807, 2.05) is 27.7 Å². The average molecular weight is 373 g/mol. The fourth-order valence-corrected chi connectivity index (χ4v) is 4.30. The Morgan fingerprint density at radius 1 is 1.04 bits per heavy atom. The standard InChI is InChI=1S/C20H36O6/c1-8-14-18(16(21)12(4)13(5)23-14)25-19-11(3)10(2)17-15(24-19)9-22-20(6,7)26-17/h10-19,21H,8-9H2,1-7H3/t10-,11?,12?,13+,14+,15?,16?,17+,18+,19-/m0/s1. The van der Waals surface area contributed by atoms with Crippen LogP contribution < -0.4 is 0 Å². The summed E-state index contributed by atoms with van der Waals surface area (Å²) in [6, 6.07) is 0. The Morgan fingerprint density at radius 2 is 1.73 bits per heavy atom. The van der Waals surface area contributed by atoms with Crippen LogP contribution in [0.2, 0.25) is 0 Å². The van der Waals surface area contributed by atoms with Gasteiger partial charge in [0.05, 0.1) is 31.0 Å². The molecule has 10 atom stereocenters. The van der Waals surface area contributed by atoms with Crippen molar-refractivity contribution in [2.45, 2.75) is 104 Å². The summed E-state index contributed by atoms with van der Waals surface area (Å²) >= 11 is 0. The summed E-state index contributed by atoms with van der Waals surface area (Å²) in [5, 5.41) is 10.8. The van der Waals surface area contributed by atoms with Crippen molar-refractivity contribution in [3.05, 3.63) is 0 Å². The first-order valence-electron chi connectivity index (χ1n) is 10.1. The highest BCUT2D eigenvalue weighted by molar-refractivity contribution is 4.93. The van der Waals surface area contributed by atoms with Crippen LogP contribution in [0, 0.1) is 17.8 Å². The molecule has 6 heteroatoms. The fourth-order valence-electron chi connectivity index (χ4n) is 4.30. The second-order valence-electron chi connectivity index (χ2n) is 8.79. The maximum atomic E-state index is 10.8. The monoisotopic (exact) mass is 372 g/mol. The highest BCUT2D eigenvalue weighted by Crippen LogP contribution is 2.40. The normalized spacial score (nSPS) is 51.7. The SMILES string of the molecule is CC[C@H]1O[C@H](C)C(C)C(O)[C@@H]1O[C@@H]1OC2COC(C)(C)O[C@@H]2[C@@H](C)C1C. The first-order chi connectivity index (χ1) is 12.1. The molecule has 0 aromatic carbocycles. The van der Waals surface area contributed by atoms with E-state index in [0.29, 0.717) is 6.61 Å². The van der Waals surface area contributed by atoms with Crippen molar-refractivity contribution in [3.63, 3.8) is 0 Å². The van der Waals surface area contributed by atoms with Crippen LogP contribution in [0.5, 0.6) is 0 Å². The van der Waals surface area contributed by atoms with Crippen molar-refractivity contribution >= 4 is 0 Å². The van der Waals surface area contributed by atoms with Gasteiger partial charge in [0.2, 0.25) is 0 Å². The number of hydrogen-bond donors (Lipinski definition) is 1. The van der Waals surface area contributed by atoms with Crippen LogP contribution in [0.15, 0.2) is 0 Å². The smallest absolute Gasteiger partial charge is 0.163 e. The second kappa shape index (κ2) is 7.64. The van der Waals surface area contributed by atoms with Gasteiger partial charge in [-0.25, -0.2) is 0 Å². The average Bonchev–Trinajstić information content (AvgIpc) is 2.59. The fraction of sp³-hybridized carbons (Fsp3) is 1.00. The lowest BCUT2D eigenvalue weighted by Crippen LogP contribution is -2.61. The summed E-state index contributed by atoms with van der Waals surface area (Å²) in [4.78, 5) is 0. The van der Waals surface area contributed by atoms with Gasteiger partial charge < -0.3 is 28.8 Å². The Morgan fingerprint density at radius 3 is 2.38 bits per heavy atom. The van der Waals surface area contributed by atoms with Crippen LogP contribution in [-0.4, -0.2) is 60.4 Å². The van der Waals surface area contributed by atoms with Gasteiger partial charge in [-0.3, -0.25) is 0 Å². The minimum Gasteiger partial charge on any atom is -0.390 e. The first-order valence-corrected chi connectivity index (χ1v) is 10.1. The molecule has 3 heterocycles. The van der Waals surface area contributed by atoms with E-state index >= 15 is 0 Å². The van der Waals surface area contributed by atoms with Gasteiger partial charge in [0, 0.05) is 11.8 Å². The van der Waals surface area contributed by atoms with Crippen LogP contribution >= 0.6 is 0 Å². The predicted molar refractivity (Wildman–Crippen MR) is 96.6 cm³/mol. The Hall–Kier alpha value is -0.240. The third-order valence-electron chi connectivity index (χ3n) is 6.53. The second-order valence-corrected chi connectivity index (χ2v) is 8.79. The van der Waals surface area contributed by atoms with Crippen LogP contribution in [0.3, 0.4) is 0 Å². The van der Waals surface area contributed by atoms with Crippen molar-refractivity contribution in [3.8, 4) is 0 Å². The zero-order chi connectivity index (χ0) is 19.2.